The molecule has 0 spiro atoms. The molecule has 2 N–H and O–H groups in total. The molecule has 0 aromatic heterocycles. The number of rotatable bonds is 2. The average molecular weight is 367 g/mol. The Morgan fingerprint density at radius 3 is 2.71 bits per heavy atom. The molecule has 0 aliphatic carbocycles. The Kier molecular flexibility index (Phi) is 3.76. The van der Waals surface area contributed by atoms with E-state index in [9.17, 15) is 0 Å². The van der Waals surface area contributed by atoms with Crippen molar-refractivity contribution < 1.29 is 4.74 Å². The summed E-state index contributed by atoms with van der Waals surface area (Å²) in [6.45, 7) is 5.09. The summed E-state index contributed by atoms with van der Waals surface area (Å²) in [7, 11) is 0. The van der Waals surface area contributed by atoms with Gasteiger partial charge in [0.2, 0.25) is 0 Å². The summed E-state index contributed by atoms with van der Waals surface area (Å²) in [5.74, 6) is 0.964. The monoisotopic (exact) mass is 365 g/mol. The van der Waals surface area contributed by atoms with Crippen LogP contribution in [-0.2, 0) is 5.41 Å². The molecule has 1 aliphatic heterocycles. The highest BCUT2D eigenvalue weighted by molar-refractivity contribution is 9.10. The molecular formula is C17H17BrClNO. The smallest absolute Gasteiger partial charge is 0.123 e. The van der Waals surface area contributed by atoms with E-state index in [1.165, 1.54) is 5.56 Å². The van der Waals surface area contributed by atoms with Gasteiger partial charge in [-0.3, -0.25) is 0 Å². The largest absolute Gasteiger partial charge is 0.492 e. The second-order valence-electron chi connectivity index (χ2n) is 6.07. The van der Waals surface area contributed by atoms with Crippen molar-refractivity contribution in [2.24, 2.45) is 5.73 Å². The number of hydrogen-bond acceptors (Lipinski definition) is 2. The Hall–Kier alpha value is -1.03. The fourth-order valence-corrected chi connectivity index (χ4v) is 3.59. The lowest BCUT2D eigenvalue weighted by molar-refractivity contribution is 0.291. The molecule has 3 rings (SSSR count). The van der Waals surface area contributed by atoms with Gasteiger partial charge in [-0.25, -0.2) is 0 Å². The topological polar surface area (TPSA) is 35.2 Å². The fraction of sp³-hybridized carbons (Fsp3) is 0.294. The molecule has 110 valence electrons. The molecule has 2 aromatic carbocycles. The van der Waals surface area contributed by atoms with Gasteiger partial charge < -0.3 is 10.5 Å². The zero-order valence-electron chi connectivity index (χ0n) is 12.0. The van der Waals surface area contributed by atoms with Gasteiger partial charge in [0.25, 0.3) is 0 Å². The van der Waals surface area contributed by atoms with Gasteiger partial charge in [-0.1, -0.05) is 53.5 Å². The van der Waals surface area contributed by atoms with E-state index in [1.54, 1.807) is 0 Å². The molecule has 1 unspecified atom stereocenters. The van der Waals surface area contributed by atoms with Gasteiger partial charge in [-0.2, -0.15) is 0 Å². The molecule has 0 saturated heterocycles. The first kappa shape index (κ1) is 14.9. The van der Waals surface area contributed by atoms with E-state index in [0.717, 1.165) is 21.3 Å². The maximum Gasteiger partial charge on any atom is 0.123 e. The van der Waals surface area contributed by atoms with Gasteiger partial charge in [-0.05, 0) is 35.4 Å². The molecule has 2 aromatic rings. The molecule has 2 nitrogen and oxygen atoms in total. The lowest BCUT2D eigenvalue weighted by Gasteiger charge is -2.19. The Bertz CT molecular complexity index is 699. The molecule has 1 atom stereocenters. The lowest BCUT2D eigenvalue weighted by atomic mass is 9.85. The van der Waals surface area contributed by atoms with Crippen molar-refractivity contribution in [3.05, 3.63) is 62.6 Å². The van der Waals surface area contributed by atoms with E-state index in [0.29, 0.717) is 11.6 Å². The quantitative estimate of drug-likeness (QED) is 0.827. The van der Waals surface area contributed by atoms with Gasteiger partial charge in [-0.15, -0.1) is 0 Å². The summed E-state index contributed by atoms with van der Waals surface area (Å²) in [4.78, 5) is 0. The van der Waals surface area contributed by atoms with Crippen LogP contribution in [0.15, 0.2) is 40.9 Å². The molecule has 21 heavy (non-hydrogen) atoms. The van der Waals surface area contributed by atoms with E-state index in [2.05, 4.69) is 35.8 Å². The number of fused-ring (bicyclic) bond motifs is 1. The van der Waals surface area contributed by atoms with Crippen molar-refractivity contribution in [2.45, 2.75) is 25.3 Å². The molecule has 0 fully saturated rings. The van der Waals surface area contributed by atoms with Crippen LogP contribution in [0, 0.1) is 0 Å². The normalized spacial score (nSPS) is 17.2. The summed E-state index contributed by atoms with van der Waals surface area (Å²) in [6, 6.07) is 11.7. The molecule has 0 bridgehead atoms. The Balaban J connectivity index is 2.01. The minimum absolute atomic E-state index is 0.0301. The number of halogens is 2. The van der Waals surface area contributed by atoms with Crippen LogP contribution in [-0.4, -0.2) is 6.61 Å². The minimum Gasteiger partial charge on any atom is -0.492 e. The lowest BCUT2D eigenvalue weighted by Crippen LogP contribution is -2.19. The zero-order chi connectivity index (χ0) is 15.2. The maximum absolute atomic E-state index is 6.44. The first-order valence-electron chi connectivity index (χ1n) is 6.86. The van der Waals surface area contributed by atoms with E-state index in [4.69, 9.17) is 22.1 Å². The highest BCUT2D eigenvalue weighted by Crippen LogP contribution is 2.40. The van der Waals surface area contributed by atoms with Gasteiger partial charge in [0.05, 0.1) is 12.6 Å². The Morgan fingerprint density at radius 1 is 1.24 bits per heavy atom. The third-order valence-corrected chi connectivity index (χ3v) is 4.90. The van der Waals surface area contributed by atoms with E-state index >= 15 is 0 Å². The zero-order valence-corrected chi connectivity index (χ0v) is 14.3. The predicted molar refractivity (Wildman–Crippen MR) is 90.1 cm³/mol. The Morgan fingerprint density at radius 2 is 2.00 bits per heavy atom. The number of nitrogens with two attached hydrogens (primary N) is 1. The molecule has 4 heteroatoms. The van der Waals surface area contributed by atoms with Crippen LogP contribution in [0.1, 0.15) is 36.6 Å². The maximum atomic E-state index is 6.44. The first-order valence-corrected chi connectivity index (χ1v) is 8.03. The van der Waals surface area contributed by atoms with Crippen molar-refractivity contribution in [1.82, 2.24) is 0 Å². The highest BCUT2D eigenvalue weighted by atomic mass is 79.9. The molecule has 1 aliphatic rings. The van der Waals surface area contributed by atoms with Crippen LogP contribution in [0.25, 0.3) is 0 Å². The third kappa shape index (κ3) is 2.70. The van der Waals surface area contributed by atoms with Crippen molar-refractivity contribution in [2.75, 3.05) is 6.61 Å². The first-order chi connectivity index (χ1) is 9.88. The summed E-state index contributed by atoms with van der Waals surface area (Å²) >= 11 is 9.54. The molecule has 0 saturated carbocycles. The van der Waals surface area contributed by atoms with Crippen LogP contribution < -0.4 is 10.5 Å². The van der Waals surface area contributed by atoms with E-state index in [-0.39, 0.29) is 11.5 Å². The average Bonchev–Trinajstić information content (AvgIpc) is 2.74. The van der Waals surface area contributed by atoms with Gasteiger partial charge in [0.1, 0.15) is 5.75 Å². The van der Waals surface area contributed by atoms with Crippen molar-refractivity contribution in [3.63, 3.8) is 0 Å². The van der Waals surface area contributed by atoms with Gasteiger partial charge in [0, 0.05) is 20.5 Å². The molecule has 0 amide bonds. The minimum atomic E-state index is -0.196. The summed E-state index contributed by atoms with van der Waals surface area (Å²) in [5, 5.41) is 0.696. The number of benzene rings is 2. The third-order valence-electron chi connectivity index (χ3n) is 3.98. The van der Waals surface area contributed by atoms with Crippen LogP contribution in [0.2, 0.25) is 5.02 Å². The van der Waals surface area contributed by atoms with Crippen LogP contribution in [0.4, 0.5) is 0 Å². The standard InChI is InChI=1S/C17H17BrClNO/c1-17(2)9-21-15-6-3-10(7-13(15)17)16(20)12-5-4-11(19)8-14(12)18/h3-8,16H,9,20H2,1-2H3. The highest BCUT2D eigenvalue weighted by Gasteiger charge is 2.32. The van der Waals surface area contributed by atoms with Crippen LogP contribution in [0.3, 0.4) is 0 Å². The number of ether oxygens (including phenoxy) is 1. The summed E-state index contributed by atoms with van der Waals surface area (Å²) in [6.07, 6.45) is 0. The second-order valence-corrected chi connectivity index (χ2v) is 7.36. The fourth-order valence-electron chi connectivity index (χ4n) is 2.67. The summed E-state index contributed by atoms with van der Waals surface area (Å²) < 4.78 is 6.66. The Labute approximate surface area is 138 Å². The predicted octanol–water partition coefficient (Wildman–Crippen LogP) is 4.82. The summed E-state index contributed by atoms with van der Waals surface area (Å²) in [5.41, 5.74) is 9.79. The van der Waals surface area contributed by atoms with Crippen molar-refractivity contribution >= 4 is 27.5 Å². The van der Waals surface area contributed by atoms with Crippen LogP contribution >= 0.6 is 27.5 Å². The van der Waals surface area contributed by atoms with E-state index in [1.807, 2.05) is 30.3 Å². The SMILES string of the molecule is CC1(C)COc2ccc(C(N)c3ccc(Cl)cc3Br)cc21. The van der Waals surface area contributed by atoms with Crippen LogP contribution in [0.5, 0.6) is 5.75 Å². The molecular weight excluding hydrogens is 350 g/mol. The van der Waals surface area contributed by atoms with Gasteiger partial charge in [0.15, 0.2) is 0 Å². The van der Waals surface area contributed by atoms with Gasteiger partial charge >= 0.3 is 0 Å². The van der Waals surface area contributed by atoms with E-state index < -0.39 is 0 Å². The van der Waals surface area contributed by atoms with Crippen molar-refractivity contribution in [3.8, 4) is 5.75 Å². The molecule has 1 heterocycles. The second kappa shape index (κ2) is 5.31. The number of hydrogen-bond donors (Lipinski definition) is 1. The molecule has 0 radical (unpaired) electrons. The van der Waals surface area contributed by atoms with Crippen molar-refractivity contribution in [1.29, 1.82) is 0 Å².